The molecule has 4 heteroatoms. The third-order valence-electron chi connectivity index (χ3n) is 9.22. The quantitative estimate of drug-likeness (QED) is 0.169. The summed E-state index contributed by atoms with van der Waals surface area (Å²) in [5, 5.41) is 6.86. The fraction of sp³-hybridized carbons (Fsp3) is 0.0909. The lowest BCUT2D eigenvalue weighted by atomic mass is 9.83. The maximum Gasteiger partial charge on any atom is 0.123 e. The molecule has 0 saturated carbocycles. The highest BCUT2D eigenvalue weighted by Crippen LogP contribution is 2.50. The van der Waals surface area contributed by atoms with E-state index >= 15 is 0 Å². The lowest BCUT2D eigenvalue weighted by Gasteiger charge is -2.32. The third kappa shape index (κ3) is 5.10. The van der Waals surface area contributed by atoms with Crippen LogP contribution in [0.1, 0.15) is 26.3 Å². The summed E-state index contributed by atoms with van der Waals surface area (Å²) in [5.41, 5.74) is 6.75. The van der Waals surface area contributed by atoms with Gasteiger partial charge in [0.05, 0.1) is 11.4 Å². The van der Waals surface area contributed by atoms with Crippen LogP contribution in [-0.4, -0.2) is 0 Å². The van der Waals surface area contributed by atoms with Gasteiger partial charge >= 0.3 is 0 Å². The predicted octanol–water partition coefficient (Wildman–Crippen LogP) is 13.1. The maximum absolute atomic E-state index is 14.3. The van der Waals surface area contributed by atoms with Crippen molar-refractivity contribution in [2.24, 2.45) is 0 Å². The van der Waals surface area contributed by atoms with E-state index in [0.717, 1.165) is 50.3 Å². The molecule has 0 spiro atoms. The summed E-state index contributed by atoms with van der Waals surface area (Å²) >= 11 is 0. The van der Waals surface area contributed by atoms with Gasteiger partial charge in [-0.15, -0.1) is 0 Å². The Morgan fingerprint density at radius 3 is 1.21 bits per heavy atom. The van der Waals surface area contributed by atoms with Crippen molar-refractivity contribution in [2.45, 2.75) is 26.2 Å². The van der Waals surface area contributed by atoms with Crippen LogP contribution in [-0.2, 0) is 5.41 Å². The summed E-state index contributed by atoms with van der Waals surface area (Å²) in [4.78, 5) is 4.40. The summed E-state index contributed by atoms with van der Waals surface area (Å²) in [6.07, 6.45) is 0. The van der Waals surface area contributed by atoms with E-state index in [9.17, 15) is 8.78 Å². The van der Waals surface area contributed by atoms with Gasteiger partial charge < -0.3 is 9.80 Å². The lowest BCUT2D eigenvalue weighted by molar-refractivity contribution is 0.591. The highest BCUT2D eigenvalue weighted by Gasteiger charge is 2.25. The van der Waals surface area contributed by atoms with Gasteiger partial charge in [-0.2, -0.15) is 0 Å². The van der Waals surface area contributed by atoms with Gasteiger partial charge in [-0.3, -0.25) is 0 Å². The van der Waals surface area contributed by atoms with Crippen LogP contribution in [0.5, 0.6) is 0 Å². The Morgan fingerprint density at radius 1 is 0.417 bits per heavy atom. The molecule has 0 aromatic heterocycles. The van der Waals surface area contributed by atoms with Crippen LogP contribution in [0.3, 0.4) is 0 Å². The molecule has 0 amide bonds. The number of hydrogen-bond acceptors (Lipinski definition) is 2. The second-order valence-electron chi connectivity index (χ2n) is 13.4. The molecular formula is C44H34F2N2. The van der Waals surface area contributed by atoms with E-state index in [-0.39, 0.29) is 17.0 Å². The Bertz CT molecular complexity index is 2220. The normalized spacial score (nSPS) is 11.9. The summed E-state index contributed by atoms with van der Waals surface area (Å²) in [7, 11) is 0. The average molecular weight is 629 g/mol. The first kappa shape index (κ1) is 29.6. The Labute approximate surface area is 279 Å². The molecule has 0 aliphatic carbocycles. The van der Waals surface area contributed by atoms with Gasteiger partial charge in [-0.1, -0.05) is 93.6 Å². The topological polar surface area (TPSA) is 6.48 Å². The van der Waals surface area contributed by atoms with E-state index < -0.39 is 0 Å². The maximum atomic E-state index is 14.3. The molecule has 0 aliphatic rings. The first-order valence-corrected chi connectivity index (χ1v) is 16.2. The van der Waals surface area contributed by atoms with Gasteiger partial charge in [0.15, 0.2) is 0 Å². The molecule has 8 rings (SSSR count). The molecule has 0 heterocycles. The van der Waals surface area contributed by atoms with E-state index in [1.54, 1.807) is 0 Å². The Hall–Kier alpha value is -5.74. The SMILES string of the molecule is CC(C)(C)c1cc2ccc3c(N(c4ccccc4)c4ccc(F)cc4)cc(N(c4ccccc4)c4ccc(F)cc4)c4ccc(c1)c2c34. The summed E-state index contributed by atoms with van der Waals surface area (Å²) in [6, 6.07) is 49.4. The molecule has 2 nitrogen and oxygen atoms in total. The van der Waals surface area contributed by atoms with Gasteiger partial charge in [-0.25, -0.2) is 8.78 Å². The molecule has 0 atom stereocenters. The first-order valence-electron chi connectivity index (χ1n) is 16.2. The Balaban J connectivity index is 1.53. The zero-order valence-corrected chi connectivity index (χ0v) is 27.1. The molecule has 0 radical (unpaired) electrons. The standard InChI is InChI=1S/C44H34F2N2/c1-44(2,3)31-26-29-14-24-38-40(47(34-10-6-4-7-11-34)36-20-16-32(45)17-21-36)28-41(39-25-15-30(27-31)42(29)43(38)39)48(35-12-8-5-9-13-35)37-22-18-33(46)19-23-37/h4-28H,1-3H3. The number of para-hydroxylation sites is 2. The molecule has 0 saturated heterocycles. The second-order valence-corrected chi connectivity index (χ2v) is 13.4. The monoisotopic (exact) mass is 628 g/mol. The zero-order valence-electron chi connectivity index (χ0n) is 27.1. The minimum atomic E-state index is -0.288. The molecule has 234 valence electrons. The average Bonchev–Trinajstić information content (AvgIpc) is 3.10. The fourth-order valence-corrected chi connectivity index (χ4v) is 6.87. The number of rotatable bonds is 6. The molecule has 0 fully saturated rings. The Kier molecular flexibility index (Phi) is 7.10. The third-order valence-corrected chi connectivity index (χ3v) is 9.22. The predicted molar refractivity (Wildman–Crippen MR) is 198 cm³/mol. The molecule has 0 bridgehead atoms. The Morgan fingerprint density at radius 2 is 0.812 bits per heavy atom. The van der Waals surface area contributed by atoms with Crippen molar-refractivity contribution in [2.75, 3.05) is 9.80 Å². The molecule has 0 aliphatic heterocycles. The summed E-state index contributed by atoms with van der Waals surface area (Å²) in [5.74, 6) is -0.576. The van der Waals surface area contributed by atoms with Gasteiger partial charge in [0.1, 0.15) is 11.6 Å². The number of halogens is 2. The van der Waals surface area contributed by atoms with Crippen molar-refractivity contribution in [3.63, 3.8) is 0 Å². The highest BCUT2D eigenvalue weighted by atomic mass is 19.1. The van der Waals surface area contributed by atoms with E-state index in [1.807, 2.05) is 60.7 Å². The van der Waals surface area contributed by atoms with Crippen LogP contribution in [0.2, 0.25) is 0 Å². The first-order chi connectivity index (χ1) is 23.3. The van der Waals surface area contributed by atoms with Crippen LogP contribution in [0.25, 0.3) is 32.3 Å². The van der Waals surface area contributed by atoms with Crippen LogP contribution in [0, 0.1) is 11.6 Å². The van der Waals surface area contributed by atoms with Crippen LogP contribution in [0.15, 0.2) is 152 Å². The summed E-state index contributed by atoms with van der Waals surface area (Å²) < 4.78 is 28.6. The van der Waals surface area contributed by atoms with Crippen LogP contribution in [0.4, 0.5) is 42.9 Å². The second kappa shape index (κ2) is 11.5. The molecular weight excluding hydrogens is 594 g/mol. The van der Waals surface area contributed by atoms with Gasteiger partial charge in [0.25, 0.3) is 0 Å². The van der Waals surface area contributed by atoms with E-state index in [1.165, 1.54) is 46.0 Å². The number of nitrogens with zero attached hydrogens (tertiary/aromatic N) is 2. The smallest absolute Gasteiger partial charge is 0.123 e. The minimum absolute atomic E-state index is 0.0137. The van der Waals surface area contributed by atoms with E-state index in [2.05, 4.69) is 97.3 Å². The molecule has 8 aromatic rings. The van der Waals surface area contributed by atoms with Crippen molar-refractivity contribution in [3.8, 4) is 0 Å². The van der Waals surface area contributed by atoms with Crippen LogP contribution >= 0.6 is 0 Å². The summed E-state index contributed by atoms with van der Waals surface area (Å²) in [6.45, 7) is 6.74. The molecule has 0 unspecified atom stereocenters. The minimum Gasteiger partial charge on any atom is -0.310 e. The molecule has 0 N–H and O–H groups in total. The van der Waals surface area contributed by atoms with E-state index in [4.69, 9.17) is 0 Å². The number of benzene rings is 8. The van der Waals surface area contributed by atoms with Gasteiger partial charge in [0, 0.05) is 38.9 Å². The van der Waals surface area contributed by atoms with Crippen LogP contribution < -0.4 is 9.80 Å². The van der Waals surface area contributed by atoms with Crippen molar-refractivity contribution >= 4 is 66.4 Å². The molecule has 48 heavy (non-hydrogen) atoms. The highest BCUT2D eigenvalue weighted by molar-refractivity contribution is 6.29. The van der Waals surface area contributed by atoms with E-state index in [0.29, 0.717) is 0 Å². The van der Waals surface area contributed by atoms with Gasteiger partial charge in [0.2, 0.25) is 0 Å². The fourth-order valence-electron chi connectivity index (χ4n) is 6.87. The largest absolute Gasteiger partial charge is 0.310 e. The zero-order chi connectivity index (χ0) is 33.0. The number of anilines is 6. The van der Waals surface area contributed by atoms with Crippen molar-refractivity contribution in [1.82, 2.24) is 0 Å². The molecule has 8 aromatic carbocycles. The number of hydrogen-bond donors (Lipinski definition) is 0. The van der Waals surface area contributed by atoms with Gasteiger partial charge in [-0.05, 0) is 106 Å². The van der Waals surface area contributed by atoms with Crippen molar-refractivity contribution < 1.29 is 8.78 Å². The van der Waals surface area contributed by atoms with Crippen molar-refractivity contribution in [1.29, 1.82) is 0 Å². The van der Waals surface area contributed by atoms with Crippen molar-refractivity contribution in [3.05, 3.63) is 169 Å². The lowest BCUT2D eigenvalue weighted by Crippen LogP contribution is -2.14.